The molecule has 2 N–H and O–H groups in total. The Balaban J connectivity index is 1.93. The molecule has 0 aliphatic heterocycles. The van der Waals surface area contributed by atoms with Gasteiger partial charge in [-0.15, -0.1) is 0 Å². The van der Waals surface area contributed by atoms with E-state index in [1.807, 2.05) is 50.4 Å². The number of nitrogens with zero attached hydrogens (tertiary/aromatic N) is 2. The number of Topliss-reactive ketones (excluding diaryl/α,β-unsaturated/α-hetero) is 1. The van der Waals surface area contributed by atoms with Crippen LogP contribution >= 0.6 is 0 Å². The second-order valence-corrected chi connectivity index (χ2v) is 5.14. The standard InChI is InChI=1S/C16H21N3O/c1-12(16(17)13-6-4-3-5-7-13)15(20)9-8-14-10-11-18-19(14)2/h3-7,10-12,16H,8-9,17H2,1-2H3. The lowest BCUT2D eigenvalue weighted by molar-refractivity contribution is -0.123. The van der Waals surface area contributed by atoms with Crippen molar-refractivity contribution in [2.45, 2.75) is 25.8 Å². The van der Waals surface area contributed by atoms with Gasteiger partial charge in [-0.2, -0.15) is 5.10 Å². The fourth-order valence-electron chi connectivity index (χ4n) is 2.29. The summed E-state index contributed by atoms with van der Waals surface area (Å²) in [6, 6.07) is 11.5. The highest BCUT2D eigenvalue weighted by atomic mass is 16.1. The summed E-state index contributed by atoms with van der Waals surface area (Å²) in [5, 5.41) is 4.10. The summed E-state index contributed by atoms with van der Waals surface area (Å²) in [5.74, 6) is 0.0215. The molecule has 0 saturated heterocycles. The zero-order valence-corrected chi connectivity index (χ0v) is 12.0. The first-order chi connectivity index (χ1) is 9.59. The topological polar surface area (TPSA) is 60.9 Å². The molecule has 0 saturated carbocycles. The van der Waals surface area contributed by atoms with Gasteiger partial charge in [0, 0.05) is 37.3 Å². The zero-order valence-electron chi connectivity index (χ0n) is 12.0. The summed E-state index contributed by atoms with van der Waals surface area (Å²) in [7, 11) is 1.89. The molecule has 0 radical (unpaired) electrons. The minimum absolute atomic E-state index is 0.175. The number of benzene rings is 1. The Morgan fingerprint density at radius 2 is 2.00 bits per heavy atom. The molecule has 106 valence electrons. The molecule has 4 nitrogen and oxygen atoms in total. The largest absolute Gasteiger partial charge is 0.323 e. The van der Waals surface area contributed by atoms with Crippen molar-refractivity contribution >= 4 is 5.78 Å². The molecule has 0 spiro atoms. The number of hydrogen-bond donors (Lipinski definition) is 1. The second-order valence-electron chi connectivity index (χ2n) is 5.14. The number of rotatable bonds is 6. The molecule has 0 fully saturated rings. The molecule has 0 amide bonds. The molecule has 0 aliphatic carbocycles. The van der Waals surface area contributed by atoms with Crippen molar-refractivity contribution in [1.82, 2.24) is 9.78 Å². The van der Waals surface area contributed by atoms with Crippen LogP contribution in [0.5, 0.6) is 0 Å². The number of aromatic nitrogens is 2. The predicted octanol–water partition coefficient (Wildman–Crippen LogP) is 2.26. The van der Waals surface area contributed by atoms with E-state index < -0.39 is 0 Å². The van der Waals surface area contributed by atoms with Crippen LogP contribution in [0.3, 0.4) is 0 Å². The third-order valence-electron chi connectivity index (χ3n) is 3.78. The maximum atomic E-state index is 12.3. The lowest BCUT2D eigenvalue weighted by atomic mass is 9.90. The molecule has 2 rings (SSSR count). The van der Waals surface area contributed by atoms with Gasteiger partial charge >= 0.3 is 0 Å². The van der Waals surface area contributed by atoms with Crippen molar-refractivity contribution in [3.8, 4) is 0 Å². The van der Waals surface area contributed by atoms with Crippen LogP contribution in [0.2, 0.25) is 0 Å². The maximum absolute atomic E-state index is 12.3. The monoisotopic (exact) mass is 271 g/mol. The summed E-state index contributed by atoms with van der Waals surface area (Å²) in [5.41, 5.74) is 8.26. The van der Waals surface area contributed by atoms with Crippen LogP contribution in [0.1, 0.15) is 30.6 Å². The van der Waals surface area contributed by atoms with Crippen LogP contribution in [-0.2, 0) is 18.3 Å². The summed E-state index contributed by atoms with van der Waals surface area (Å²) < 4.78 is 1.80. The van der Waals surface area contributed by atoms with Gasteiger partial charge in [0.05, 0.1) is 0 Å². The van der Waals surface area contributed by atoms with Crippen LogP contribution in [0.25, 0.3) is 0 Å². The Kier molecular flexibility index (Phi) is 4.69. The quantitative estimate of drug-likeness (QED) is 0.876. The van der Waals surface area contributed by atoms with E-state index in [1.165, 1.54) is 0 Å². The highest BCUT2D eigenvalue weighted by Gasteiger charge is 2.21. The third kappa shape index (κ3) is 3.33. The Bertz CT molecular complexity index is 562. The Hall–Kier alpha value is -1.94. The van der Waals surface area contributed by atoms with Crippen molar-refractivity contribution in [3.05, 3.63) is 53.9 Å². The van der Waals surface area contributed by atoms with Crippen LogP contribution in [0.15, 0.2) is 42.6 Å². The minimum atomic E-state index is -0.241. The van der Waals surface area contributed by atoms with Crippen LogP contribution in [0, 0.1) is 5.92 Å². The number of carbonyl (C=O) groups excluding carboxylic acids is 1. The average Bonchev–Trinajstić information content (AvgIpc) is 2.89. The first-order valence-electron chi connectivity index (χ1n) is 6.89. The van der Waals surface area contributed by atoms with E-state index in [-0.39, 0.29) is 17.7 Å². The van der Waals surface area contributed by atoms with E-state index in [2.05, 4.69) is 5.10 Å². The van der Waals surface area contributed by atoms with E-state index >= 15 is 0 Å². The number of ketones is 1. The highest BCUT2D eigenvalue weighted by molar-refractivity contribution is 5.81. The Morgan fingerprint density at radius 1 is 1.30 bits per heavy atom. The van der Waals surface area contributed by atoms with Gasteiger partial charge in [0.25, 0.3) is 0 Å². The van der Waals surface area contributed by atoms with E-state index in [1.54, 1.807) is 10.9 Å². The zero-order chi connectivity index (χ0) is 14.5. The molecule has 1 aromatic carbocycles. The predicted molar refractivity (Wildman–Crippen MR) is 79.1 cm³/mol. The summed E-state index contributed by atoms with van der Waals surface area (Å²) >= 11 is 0. The van der Waals surface area contributed by atoms with Gasteiger partial charge < -0.3 is 5.73 Å². The molecule has 2 aromatic rings. The molecule has 4 heteroatoms. The number of carbonyl (C=O) groups is 1. The van der Waals surface area contributed by atoms with Crippen molar-refractivity contribution in [3.63, 3.8) is 0 Å². The normalized spacial score (nSPS) is 13.9. The van der Waals surface area contributed by atoms with Crippen molar-refractivity contribution in [2.24, 2.45) is 18.7 Å². The summed E-state index contributed by atoms with van der Waals surface area (Å²) in [6.45, 7) is 1.91. The molecule has 2 unspecified atom stereocenters. The van der Waals surface area contributed by atoms with Gasteiger partial charge in [0.2, 0.25) is 0 Å². The number of nitrogens with two attached hydrogens (primary N) is 1. The van der Waals surface area contributed by atoms with Gasteiger partial charge in [0.15, 0.2) is 0 Å². The molecular weight excluding hydrogens is 250 g/mol. The molecule has 0 bridgehead atoms. The van der Waals surface area contributed by atoms with Crippen LogP contribution in [-0.4, -0.2) is 15.6 Å². The van der Waals surface area contributed by atoms with Crippen molar-refractivity contribution < 1.29 is 4.79 Å². The van der Waals surface area contributed by atoms with E-state index in [0.29, 0.717) is 12.8 Å². The fraction of sp³-hybridized carbons (Fsp3) is 0.375. The molecule has 1 heterocycles. The molecule has 0 aliphatic rings. The molecule has 1 aromatic heterocycles. The van der Waals surface area contributed by atoms with Crippen LogP contribution in [0.4, 0.5) is 0 Å². The summed E-state index contributed by atoms with van der Waals surface area (Å²) in [6.07, 6.45) is 2.96. The van der Waals surface area contributed by atoms with Gasteiger partial charge in [-0.1, -0.05) is 37.3 Å². The smallest absolute Gasteiger partial charge is 0.137 e. The highest BCUT2D eigenvalue weighted by Crippen LogP contribution is 2.21. The van der Waals surface area contributed by atoms with Crippen molar-refractivity contribution in [1.29, 1.82) is 0 Å². The first-order valence-corrected chi connectivity index (χ1v) is 6.89. The maximum Gasteiger partial charge on any atom is 0.137 e. The summed E-state index contributed by atoms with van der Waals surface area (Å²) in [4.78, 5) is 12.3. The van der Waals surface area contributed by atoms with Gasteiger partial charge in [0.1, 0.15) is 5.78 Å². The van der Waals surface area contributed by atoms with E-state index in [9.17, 15) is 4.79 Å². The van der Waals surface area contributed by atoms with Gasteiger partial charge in [-0.3, -0.25) is 9.48 Å². The van der Waals surface area contributed by atoms with Crippen LogP contribution < -0.4 is 5.73 Å². The third-order valence-corrected chi connectivity index (χ3v) is 3.78. The second kappa shape index (κ2) is 6.48. The fourth-order valence-corrected chi connectivity index (χ4v) is 2.29. The average molecular weight is 271 g/mol. The van der Waals surface area contributed by atoms with Gasteiger partial charge in [-0.05, 0) is 18.1 Å². The Labute approximate surface area is 119 Å². The number of aryl methyl sites for hydroxylation is 2. The minimum Gasteiger partial charge on any atom is -0.323 e. The van der Waals surface area contributed by atoms with E-state index in [4.69, 9.17) is 5.73 Å². The lowest BCUT2D eigenvalue weighted by Gasteiger charge is -2.19. The number of hydrogen-bond acceptors (Lipinski definition) is 3. The molecule has 20 heavy (non-hydrogen) atoms. The van der Waals surface area contributed by atoms with Crippen molar-refractivity contribution in [2.75, 3.05) is 0 Å². The SMILES string of the molecule is CC(C(=O)CCc1ccnn1C)C(N)c1ccccc1. The molecule has 2 atom stereocenters. The molecular formula is C16H21N3O. The van der Waals surface area contributed by atoms with Gasteiger partial charge in [-0.25, -0.2) is 0 Å². The lowest BCUT2D eigenvalue weighted by Crippen LogP contribution is -2.26. The van der Waals surface area contributed by atoms with E-state index in [0.717, 1.165) is 11.3 Å². The Morgan fingerprint density at radius 3 is 2.60 bits per heavy atom. The first kappa shape index (κ1) is 14.5.